The van der Waals surface area contributed by atoms with Crippen molar-refractivity contribution in [1.82, 2.24) is 15.6 Å². The monoisotopic (exact) mass is 329 g/mol. The number of hydrogen-bond acceptors (Lipinski definition) is 4. The predicted octanol–water partition coefficient (Wildman–Crippen LogP) is 2.45. The Morgan fingerprint density at radius 1 is 1.38 bits per heavy atom. The summed E-state index contributed by atoms with van der Waals surface area (Å²) in [5.74, 6) is 0.418. The molecule has 1 amide bonds. The van der Waals surface area contributed by atoms with Crippen molar-refractivity contribution in [2.24, 2.45) is 0 Å². The first-order valence-corrected chi connectivity index (χ1v) is 8.07. The Morgan fingerprint density at radius 2 is 2.25 bits per heavy atom. The summed E-state index contributed by atoms with van der Waals surface area (Å²) in [4.78, 5) is 16.0. The van der Waals surface area contributed by atoms with E-state index >= 15 is 0 Å². The number of benzene rings is 1. The van der Waals surface area contributed by atoms with Gasteiger partial charge in [0.2, 0.25) is 5.91 Å². The molecule has 0 aliphatic carbocycles. The molecule has 3 rings (SSSR count). The third-order valence-electron chi connectivity index (χ3n) is 3.93. The molecule has 2 N–H and O–H groups in total. The van der Waals surface area contributed by atoms with E-state index in [4.69, 9.17) is 4.42 Å². The second kappa shape index (κ2) is 7.88. The van der Waals surface area contributed by atoms with Gasteiger partial charge in [0.1, 0.15) is 5.82 Å². The molecule has 1 aliphatic rings. The first kappa shape index (κ1) is 16.4. The third-order valence-corrected chi connectivity index (χ3v) is 3.93. The summed E-state index contributed by atoms with van der Waals surface area (Å²) in [6.45, 7) is 2.41. The van der Waals surface area contributed by atoms with Crippen LogP contribution in [0.15, 0.2) is 46.5 Å². The van der Waals surface area contributed by atoms with Crippen LogP contribution in [0.3, 0.4) is 0 Å². The van der Waals surface area contributed by atoms with Gasteiger partial charge in [0.15, 0.2) is 11.7 Å². The lowest BCUT2D eigenvalue weighted by Gasteiger charge is -2.14. The fraction of sp³-hybridized carbons (Fsp3) is 0.333. The van der Waals surface area contributed by atoms with Crippen molar-refractivity contribution in [1.29, 1.82) is 0 Å². The highest BCUT2D eigenvalue weighted by molar-refractivity contribution is 5.76. The smallest absolute Gasteiger partial charge is 0.220 e. The Balaban J connectivity index is 1.49. The molecule has 1 aromatic carbocycles. The molecule has 0 bridgehead atoms. The molecule has 2 aromatic rings. The summed E-state index contributed by atoms with van der Waals surface area (Å²) >= 11 is 0. The van der Waals surface area contributed by atoms with Gasteiger partial charge in [-0.1, -0.05) is 23.8 Å². The molecule has 6 heteroatoms. The summed E-state index contributed by atoms with van der Waals surface area (Å²) in [6, 6.07) is 6.38. The van der Waals surface area contributed by atoms with E-state index in [0.717, 1.165) is 19.5 Å². The van der Waals surface area contributed by atoms with Crippen LogP contribution in [-0.4, -0.2) is 30.5 Å². The summed E-state index contributed by atoms with van der Waals surface area (Å²) in [6.07, 6.45) is 5.25. The summed E-state index contributed by atoms with van der Waals surface area (Å²) < 4.78 is 19.3. The number of nitrogens with zero attached hydrogens (tertiary/aromatic N) is 1. The highest BCUT2D eigenvalue weighted by Gasteiger charge is 2.12. The summed E-state index contributed by atoms with van der Waals surface area (Å²) in [5.41, 5.74) is 1.62. The van der Waals surface area contributed by atoms with Gasteiger partial charge >= 0.3 is 0 Å². The van der Waals surface area contributed by atoms with Crippen LogP contribution in [0.1, 0.15) is 18.7 Å². The second-order valence-electron chi connectivity index (χ2n) is 5.69. The maximum Gasteiger partial charge on any atom is 0.220 e. The Bertz CT molecular complexity index is 739. The maximum atomic E-state index is 13.7. The average Bonchev–Trinajstić information content (AvgIpc) is 3.08. The molecular formula is C18H20FN3O2. The molecule has 0 spiro atoms. The number of amides is 1. The molecule has 1 aromatic heterocycles. The van der Waals surface area contributed by atoms with Crippen molar-refractivity contribution in [3.8, 4) is 11.3 Å². The lowest BCUT2D eigenvalue weighted by atomic mass is 10.1. The minimum absolute atomic E-state index is 0.0416. The molecular weight excluding hydrogens is 309 g/mol. The standard InChI is InChI=1S/C18H20FN3O2/c19-15-4-2-1-3-14(15)16-12-22-18(24-16)6-5-17(23)21-11-13-7-9-20-10-8-13/h1-4,7,12,20H,5-6,8-11H2,(H,21,23). The van der Waals surface area contributed by atoms with Gasteiger partial charge in [-0.3, -0.25) is 4.79 Å². The molecule has 1 aliphatic heterocycles. The Kier molecular flexibility index (Phi) is 5.38. The SMILES string of the molecule is O=C(CCc1ncc(-c2ccccc2F)o1)NCC1=CCNCC1. The number of oxazole rings is 1. The fourth-order valence-corrected chi connectivity index (χ4v) is 2.56. The average molecular weight is 329 g/mol. The predicted molar refractivity (Wildman–Crippen MR) is 88.8 cm³/mol. The van der Waals surface area contributed by atoms with E-state index in [-0.39, 0.29) is 11.7 Å². The molecule has 0 unspecified atom stereocenters. The van der Waals surface area contributed by atoms with E-state index < -0.39 is 0 Å². The summed E-state index contributed by atoms with van der Waals surface area (Å²) in [7, 11) is 0. The molecule has 126 valence electrons. The minimum Gasteiger partial charge on any atom is -0.441 e. The molecule has 0 saturated carbocycles. The Hall–Kier alpha value is -2.47. The van der Waals surface area contributed by atoms with Gasteiger partial charge in [-0.25, -0.2) is 9.37 Å². The minimum atomic E-state index is -0.354. The topological polar surface area (TPSA) is 67.2 Å². The number of rotatable bonds is 6. The highest BCUT2D eigenvalue weighted by atomic mass is 19.1. The first-order valence-electron chi connectivity index (χ1n) is 8.07. The Labute approximate surface area is 140 Å². The van der Waals surface area contributed by atoms with Crippen molar-refractivity contribution in [3.05, 3.63) is 53.8 Å². The van der Waals surface area contributed by atoms with Crippen LogP contribution in [-0.2, 0) is 11.2 Å². The van der Waals surface area contributed by atoms with Gasteiger partial charge in [-0.2, -0.15) is 0 Å². The number of halogens is 1. The van der Waals surface area contributed by atoms with E-state index in [1.807, 2.05) is 0 Å². The van der Waals surface area contributed by atoms with Gasteiger partial charge in [0.25, 0.3) is 0 Å². The molecule has 24 heavy (non-hydrogen) atoms. The largest absolute Gasteiger partial charge is 0.441 e. The molecule has 5 nitrogen and oxygen atoms in total. The van der Waals surface area contributed by atoms with E-state index in [0.29, 0.717) is 36.6 Å². The number of carbonyl (C=O) groups excluding carboxylic acids is 1. The van der Waals surface area contributed by atoms with Crippen LogP contribution in [0.4, 0.5) is 4.39 Å². The van der Waals surface area contributed by atoms with Crippen LogP contribution < -0.4 is 10.6 Å². The summed E-state index contributed by atoms with van der Waals surface area (Å²) in [5, 5.41) is 6.14. The molecule has 0 atom stereocenters. The maximum absolute atomic E-state index is 13.7. The highest BCUT2D eigenvalue weighted by Crippen LogP contribution is 2.23. The number of aryl methyl sites for hydroxylation is 1. The van der Waals surface area contributed by atoms with E-state index in [1.165, 1.54) is 17.8 Å². The number of aromatic nitrogens is 1. The second-order valence-corrected chi connectivity index (χ2v) is 5.69. The van der Waals surface area contributed by atoms with E-state index in [2.05, 4.69) is 21.7 Å². The zero-order valence-electron chi connectivity index (χ0n) is 13.3. The third kappa shape index (κ3) is 4.29. The fourth-order valence-electron chi connectivity index (χ4n) is 2.56. The van der Waals surface area contributed by atoms with Gasteiger partial charge in [0.05, 0.1) is 11.8 Å². The van der Waals surface area contributed by atoms with E-state index in [9.17, 15) is 9.18 Å². The van der Waals surface area contributed by atoms with Gasteiger partial charge in [-0.15, -0.1) is 0 Å². The van der Waals surface area contributed by atoms with E-state index in [1.54, 1.807) is 18.2 Å². The molecule has 0 radical (unpaired) electrons. The number of hydrogen-bond donors (Lipinski definition) is 2. The molecule has 0 fully saturated rings. The van der Waals surface area contributed by atoms with Crippen molar-refractivity contribution >= 4 is 5.91 Å². The lowest BCUT2D eigenvalue weighted by molar-refractivity contribution is -0.120. The van der Waals surface area contributed by atoms with Crippen LogP contribution in [0.5, 0.6) is 0 Å². The van der Waals surface area contributed by atoms with Crippen molar-refractivity contribution < 1.29 is 13.6 Å². The zero-order chi connectivity index (χ0) is 16.8. The van der Waals surface area contributed by atoms with Crippen LogP contribution in [0, 0.1) is 5.82 Å². The normalized spacial score (nSPS) is 14.3. The molecule has 0 saturated heterocycles. The number of carbonyl (C=O) groups is 1. The van der Waals surface area contributed by atoms with Gasteiger partial charge in [-0.05, 0) is 25.1 Å². The van der Waals surface area contributed by atoms with Crippen LogP contribution in [0.25, 0.3) is 11.3 Å². The van der Waals surface area contributed by atoms with Crippen LogP contribution >= 0.6 is 0 Å². The first-order chi connectivity index (χ1) is 11.7. The van der Waals surface area contributed by atoms with Gasteiger partial charge < -0.3 is 15.1 Å². The van der Waals surface area contributed by atoms with Crippen LogP contribution in [0.2, 0.25) is 0 Å². The quantitative estimate of drug-likeness (QED) is 0.799. The van der Waals surface area contributed by atoms with Crippen molar-refractivity contribution in [2.75, 3.05) is 19.6 Å². The van der Waals surface area contributed by atoms with Crippen molar-refractivity contribution in [2.45, 2.75) is 19.3 Å². The van der Waals surface area contributed by atoms with Crippen molar-refractivity contribution in [3.63, 3.8) is 0 Å². The lowest BCUT2D eigenvalue weighted by Crippen LogP contribution is -2.29. The Morgan fingerprint density at radius 3 is 3.04 bits per heavy atom. The zero-order valence-corrected chi connectivity index (χ0v) is 13.3. The number of nitrogens with one attached hydrogen (secondary N) is 2. The van der Waals surface area contributed by atoms with Gasteiger partial charge in [0, 0.05) is 25.9 Å². The molecule has 2 heterocycles.